The predicted molar refractivity (Wildman–Crippen MR) is 76.5 cm³/mol. The maximum Gasteiger partial charge on any atom is 0.162 e. The minimum atomic E-state index is 0.372. The van der Waals surface area contributed by atoms with Crippen molar-refractivity contribution >= 4 is 17.6 Å². The molecule has 0 radical (unpaired) electrons. The van der Waals surface area contributed by atoms with E-state index in [1.807, 2.05) is 18.3 Å². The number of nitrogens with zero attached hydrogens (tertiary/aromatic N) is 2. The van der Waals surface area contributed by atoms with E-state index in [4.69, 9.17) is 9.47 Å². The van der Waals surface area contributed by atoms with Gasteiger partial charge in [0, 0.05) is 30.1 Å². The second-order valence-electron chi connectivity index (χ2n) is 4.85. The first-order chi connectivity index (χ1) is 9.24. The summed E-state index contributed by atoms with van der Waals surface area (Å²) in [6, 6.07) is 4.25. The van der Waals surface area contributed by atoms with Crippen LogP contribution in [0.15, 0.2) is 23.7 Å². The zero-order valence-electron chi connectivity index (χ0n) is 11.3. The maximum absolute atomic E-state index is 5.37. The van der Waals surface area contributed by atoms with Gasteiger partial charge in [0.05, 0.1) is 25.9 Å². The highest BCUT2D eigenvalue weighted by Gasteiger charge is 2.28. The molecule has 1 atom stereocenters. The number of aliphatic imine (C=N–C) groups is 1. The average Bonchev–Trinajstić information content (AvgIpc) is 2.87. The Labute approximate surface area is 113 Å². The van der Waals surface area contributed by atoms with Crippen molar-refractivity contribution in [2.75, 3.05) is 20.8 Å². The van der Waals surface area contributed by atoms with Crippen molar-refractivity contribution in [3.05, 3.63) is 24.3 Å². The van der Waals surface area contributed by atoms with Gasteiger partial charge in [-0.05, 0) is 18.9 Å². The van der Waals surface area contributed by atoms with Crippen molar-refractivity contribution in [2.45, 2.75) is 18.9 Å². The van der Waals surface area contributed by atoms with Crippen molar-refractivity contribution in [3.8, 4) is 11.5 Å². The van der Waals surface area contributed by atoms with Crippen LogP contribution in [0.1, 0.15) is 18.4 Å². The van der Waals surface area contributed by atoms with Crippen molar-refractivity contribution in [2.24, 2.45) is 4.99 Å². The Bertz CT molecular complexity index is 551. The molecule has 2 aliphatic heterocycles. The quantitative estimate of drug-likeness (QED) is 0.818. The fourth-order valence-electron chi connectivity index (χ4n) is 2.81. The van der Waals surface area contributed by atoms with E-state index in [0.29, 0.717) is 11.8 Å². The van der Waals surface area contributed by atoms with Gasteiger partial charge in [-0.25, -0.2) is 0 Å². The Kier molecular flexibility index (Phi) is 2.93. The van der Waals surface area contributed by atoms with E-state index < -0.39 is 0 Å². The normalized spacial score (nSPS) is 20.8. The molecule has 1 unspecified atom stereocenters. The van der Waals surface area contributed by atoms with Gasteiger partial charge in [0.1, 0.15) is 0 Å². The Balaban J connectivity index is 2.12. The maximum atomic E-state index is 5.37. The molecule has 0 saturated carbocycles. The number of methoxy groups -OCH3 is 2. The van der Waals surface area contributed by atoms with Gasteiger partial charge in [-0.2, -0.15) is 0 Å². The first-order valence-electron chi connectivity index (χ1n) is 6.50. The topological polar surface area (TPSA) is 34.1 Å². The van der Waals surface area contributed by atoms with Crippen LogP contribution in [-0.4, -0.2) is 37.9 Å². The summed E-state index contributed by atoms with van der Waals surface area (Å²) in [4.78, 5) is 6.92. The van der Waals surface area contributed by atoms with Crippen LogP contribution < -0.4 is 9.47 Å². The van der Waals surface area contributed by atoms with Crippen LogP contribution in [-0.2, 0) is 0 Å². The summed E-state index contributed by atoms with van der Waals surface area (Å²) in [6.45, 7) is 5.28. The molecular formula is C15H18N2O2. The Hall–Kier alpha value is -1.97. The molecule has 0 aliphatic carbocycles. The average molecular weight is 258 g/mol. The molecule has 2 heterocycles. The Morgan fingerprint density at radius 3 is 2.74 bits per heavy atom. The van der Waals surface area contributed by atoms with Crippen LogP contribution in [0.3, 0.4) is 0 Å². The molecule has 0 N–H and O–H groups in total. The summed E-state index contributed by atoms with van der Waals surface area (Å²) >= 11 is 0. The van der Waals surface area contributed by atoms with Crippen LogP contribution in [0.5, 0.6) is 11.5 Å². The molecule has 0 spiro atoms. The number of ether oxygens (including phenoxy) is 2. The Morgan fingerprint density at radius 2 is 2.00 bits per heavy atom. The second kappa shape index (κ2) is 4.61. The van der Waals surface area contributed by atoms with E-state index >= 15 is 0 Å². The SMILES string of the molecule is C=C1c2cc(OC)c(OC)cc2N=CC2CCCN12. The molecule has 1 aromatic carbocycles. The zero-order chi connectivity index (χ0) is 13.4. The van der Waals surface area contributed by atoms with Gasteiger partial charge in [-0.15, -0.1) is 0 Å². The molecule has 0 amide bonds. The molecule has 0 bridgehead atoms. The van der Waals surface area contributed by atoms with Crippen LogP contribution in [0, 0.1) is 0 Å². The monoisotopic (exact) mass is 258 g/mol. The van der Waals surface area contributed by atoms with Gasteiger partial charge in [0.2, 0.25) is 0 Å². The smallest absolute Gasteiger partial charge is 0.162 e. The van der Waals surface area contributed by atoms with E-state index in [0.717, 1.165) is 35.7 Å². The van der Waals surface area contributed by atoms with Crippen molar-refractivity contribution < 1.29 is 9.47 Å². The highest BCUT2D eigenvalue weighted by atomic mass is 16.5. The second-order valence-corrected chi connectivity index (χ2v) is 4.85. The third-order valence-electron chi connectivity index (χ3n) is 3.84. The van der Waals surface area contributed by atoms with Crippen LogP contribution in [0.4, 0.5) is 5.69 Å². The van der Waals surface area contributed by atoms with Crippen LogP contribution in [0.2, 0.25) is 0 Å². The third-order valence-corrected chi connectivity index (χ3v) is 3.84. The van der Waals surface area contributed by atoms with Crippen molar-refractivity contribution in [3.63, 3.8) is 0 Å². The molecule has 4 nitrogen and oxygen atoms in total. The molecule has 19 heavy (non-hydrogen) atoms. The summed E-state index contributed by atoms with van der Waals surface area (Å²) in [5, 5.41) is 0. The number of hydrogen-bond donors (Lipinski definition) is 0. The predicted octanol–water partition coefficient (Wildman–Crippen LogP) is 2.85. The van der Waals surface area contributed by atoms with E-state index in [9.17, 15) is 0 Å². The molecule has 2 aliphatic rings. The van der Waals surface area contributed by atoms with E-state index in [-0.39, 0.29) is 0 Å². The molecule has 1 saturated heterocycles. The molecule has 0 aromatic heterocycles. The Morgan fingerprint density at radius 1 is 1.26 bits per heavy atom. The molecule has 100 valence electrons. The van der Waals surface area contributed by atoms with Crippen LogP contribution >= 0.6 is 0 Å². The fraction of sp³-hybridized carbons (Fsp3) is 0.400. The summed E-state index contributed by atoms with van der Waals surface area (Å²) < 4.78 is 10.7. The summed E-state index contributed by atoms with van der Waals surface area (Å²) in [5.74, 6) is 1.42. The molecule has 1 fully saturated rings. The van der Waals surface area contributed by atoms with Gasteiger partial charge < -0.3 is 14.4 Å². The third kappa shape index (κ3) is 1.87. The lowest BCUT2D eigenvalue weighted by Gasteiger charge is -2.25. The minimum absolute atomic E-state index is 0.372. The van der Waals surface area contributed by atoms with Crippen molar-refractivity contribution in [1.29, 1.82) is 0 Å². The lowest BCUT2D eigenvalue weighted by molar-refractivity contribution is 0.355. The number of hydrogen-bond acceptors (Lipinski definition) is 4. The lowest BCUT2D eigenvalue weighted by Crippen LogP contribution is -2.27. The van der Waals surface area contributed by atoms with Gasteiger partial charge in [-0.1, -0.05) is 6.58 Å². The zero-order valence-corrected chi connectivity index (χ0v) is 11.3. The standard InChI is InChI=1S/C15H18N2O2/c1-10-12-7-14(18-2)15(19-3)8-13(12)16-9-11-5-4-6-17(10)11/h7-9,11H,1,4-6H2,2-3H3. The van der Waals surface area contributed by atoms with Gasteiger partial charge >= 0.3 is 0 Å². The minimum Gasteiger partial charge on any atom is -0.493 e. The van der Waals surface area contributed by atoms with E-state index in [2.05, 4.69) is 16.5 Å². The summed E-state index contributed by atoms with van der Waals surface area (Å²) in [7, 11) is 3.28. The summed E-state index contributed by atoms with van der Waals surface area (Å²) in [6.07, 6.45) is 4.36. The highest BCUT2D eigenvalue weighted by molar-refractivity contribution is 5.84. The number of rotatable bonds is 2. The van der Waals surface area contributed by atoms with E-state index in [1.165, 1.54) is 6.42 Å². The number of fused-ring (bicyclic) bond motifs is 2. The van der Waals surface area contributed by atoms with Gasteiger partial charge in [-0.3, -0.25) is 4.99 Å². The lowest BCUT2D eigenvalue weighted by atomic mass is 10.1. The van der Waals surface area contributed by atoms with Gasteiger partial charge in [0.25, 0.3) is 0 Å². The largest absolute Gasteiger partial charge is 0.493 e. The molecule has 1 aromatic rings. The fourth-order valence-corrected chi connectivity index (χ4v) is 2.81. The molecule has 4 heteroatoms. The number of benzene rings is 1. The first-order valence-corrected chi connectivity index (χ1v) is 6.50. The van der Waals surface area contributed by atoms with E-state index in [1.54, 1.807) is 14.2 Å². The summed E-state index contributed by atoms with van der Waals surface area (Å²) in [5.41, 5.74) is 2.95. The first kappa shape index (κ1) is 12.1. The van der Waals surface area contributed by atoms with Crippen molar-refractivity contribution in [1.82, 2.24) is 4.90 Å². The van der Waals surface area contributed by atoms with Crippen LogP contribution in [0.25, 0.3) is 5.70 Å². The highest BCUT2D eigenvalue weighted by Crippen LogP contribution is 2.41. The molecular weight excluding hydrogens is 240 g/mol. The van der Waals surface area contributed by atoms with Gasteiger partial charge in [0.15, 0.2) is 11.5 Å². The molecule has 3 rings (SSSR count).